The van der Waals surface area contributed by atoms with E-state index in [0.717, 1.165) is 19.0 Å². The molecule has 0 atom stereocenters. The van der Waals surface area contributed by atoms with Crippen LogP contribution in [-0.2, 0) is 6.42 Å². The summed E-state index contributed by atoms with van der Waals surface area (Å²) in [5, 5.41) is 3.56. The second-order valence-corrected chi connectivity index (χ2v) is 7.44. The Morgan fingerprint density at radius 3 is 2.40 bits per heavy atom. The van der Waals surface area contributed by atoms with E-state index in [1.807, 2.05) is 0 Å². The van der Waals surface area contributed by atoms with Gasteiger partial charge in [-0.3, -0.25) is 0 Å². The minimum Gasteiger partial charge on any atom is -0.316 e. The zero-order valence-electron chi connectivity index (χ0n) is 14.3. The monoisotopic (exact) mass is 275 g/mol. The van der Waals surface area contributed by atoms with Crippen LogP contribution in [0.1, 0.15) is 57.2 Å². The van der Waals surface area contributed by atoms with Crippen LogP contribution in [0.4, 0.5) is 0 Å². The molecule has 0 unspecified atom stereocenters. The Morgan fingerprint density at radius 1 is 1.10 bits per heavy atom. The van der Waals surface area contributed by atoms with Crippen LogP contribution in [-0.4, -0.2) is 13.1 Å². The molecule has 1 aromatic carbocycles. The summed E-state index contributed by atoms with van der Waals surface area (Å²) >= 11 is 0. The van der Waals surface area contributed by atoms with Crippen LogP contribution in [0.5, 0.6) is 0 Å². The van der Waals surface area contributed by atoms with E-state index in [1.165, 1.54) is 36.0 Å². The number of benzene rings is 1. The van der Waals surface area contributed by atoms with Gasteiger partial charge in [0.2, 0.25) is 0 Å². The van der Waals surface area contributed by atoms with Gasteiger partial charge in [-0.15, -0.1) is 0 Å². The fourth-order valence-electron chi connectivity index (χ4n) is 2.54. The van der Waals surface area contributed by atoms with Gasteiger partial charge in [0, 0.05) is 0 Å². The Balaban J connectivity index is 2.38. The Bertz CT molecular complexity index is 404. The molecule has 0 aromatic heterocycles. The average Bonchev–Trinajstić information content (AvgIpc) is 2.33. The first kappa shape index (κ1) is 17.2. The molecule has 0 aliphatic rings. The molecule has 1 aromatic rings. The fraction of sp³-hybridized carbons (Fsp3) is 0.684. The summed E-state index contributed by atoms with van der Waals surface area (Å²) in [5.41, 5.74) is 4.74. The molecule has 0 spiro atoms. The zero-order valence-corrected chi connectivity index (χ0v) is 14.3. The van der Waals surface area contributed by atoms with Crippen molar-refractivity contribution >= 4 is 0 Å². The van der Waals surface area contributed by atoms with Gasteiger partial charge in [-0.2, -0.15) is 0 Å². The topological polar surface area (TPSA) is 12.0 Å². The van der Waals surface area contributed by atoms with Crippen LogP contribution in [0.3, 0.4) is 0 Å². The summed E-state index contributed by atoms with van der Waals surface area (Å²) < 4.78 is 0. The molecule has 20 heavy (non-hydrogen) atoms. The highest BCUT2D eigenvalue weighted by Gasteiger charge is 2.17. The van der Waals surface area contributed by atoms with Crippen molar-refractivity contribution in [1.82, 2.24) is 5.32 Å². The van der Waals surface area contributed by atoms with Crippen molar-refractivity contribution in [2.24, 2.45) is 11.3 Å². The first-order valence-electron chi connectivity index (χ1n) is 8.07. The van der Waals surface area contributed by atoms with Crippen molar-refractivity contribution in [2.75, 3.05) is 13.1 Å². The predicted molar refractivity (Wildman–Crippen MR) is 90.3 cm³/mol. The summed E-state index contributed by atoms with van der Waals surface area (Å²) in [5.74, 6) is 0.744. The SMILES string of the molecule is Cc1ccc(CCC(C)(C)CCNCC(C)C)c(C)c1. The maximum Gasteiger partial charge on any atom is -0.00258 e. The van der Waals surface area contributed by atoms with Gasteiger partial charge in [0.25, 0.3) is 0 Å². The molecule has 1 nitrogen and oxygen atoms in total. The van der Waals surface area contributed by atoms with Gasteiger partial charge in [0.15, 0.2) is 0 Å². The van der Waals surface area contributed by atoms with Gasteiger partial charge < -0.3 is 5.32 Å². The van der Waals surface area contributed by atoms with Crippen molar-refractivity contribution in [3.8, 4) is 0 Å². The Kier molecular flexibility index (Phi) is 6.75. The second-order valence-electron chi connectivity index (χ2n) is 7.44. The van der Waals surface area contributed by atoms with Gasteiger partial charge in [-0.1, -0.05) is 51.5 Å². The van der Waals surface area contributed by atoms with Crippen LogP contribution in [0.25, 0.3) is 0 Å². The standard InChI is InChI=1S/C19H33N/c1-15(2)14-20-12-11-19(5,6)10-9-18-8-7-16(3)13-17(18)4/h7-8,13,15,20H,9-12,14H2,1-6H3. The Morgan fingerprint density at radius 2 is 1.80 bits per heavy atom. The maximum absolute atomic E-state index is 3.56. The molecule has 1 N–H and O–H groups in total. The molecule has 0 saturated heterocycles. The highest BCUT2D eigenvalue weighted by molar-refractivity contribution is 5.30. The Hall–Kier alpha value is -0.820. The number of hydrogen-bond acceptors (Lipinski definition) is 1. The van der Waals surface area contributed by atoms with Crippen molar-refractivity contribution in [2.45, 2.75) is 60.8 Å². The molecule has 0 aliphatic heterocycles. The highest BCUT2D eigenvalue weighted by Crippen LogP contribution is 2.27. The molecule has 0 heterocycles. The van der Waals surface area contributed by atoms with Crippen molar-refractivity contribution in [3.05, 3.63) is 34.9 Å². The fourth-order valence-corrected chi connectivity index (χ4v) is 2.54. The molecule has 0 fully saturated rings. The van der Waals surface area contributed by atoms with E-state index in [-0.39, 0.29) is 0 Å². The molecular weight excluding hydrogens is 242 g/mol. The lowest BCUT2D eigenvalue weighted by atomic mass is 9.82. The first-order valence-corrected chi connectivity index (χ1v) is 8.07. The van der Waals surface area contributed by atoms with E-state index in [4.69, 9.17) is 0 Å². The molecule has 0 saturated carbocycles. The number of aryl methyl sites for hydroxylation is 3. The minimum absolute atomic E-state index is 0.418. The lowest BCUT2D eigenvalue weighted by Gasteiger charge is -2.25. The predicted octanol–water partition coefficient (Wildman–Crippen LogP) is 4.90. The van der Waals surface area contributed by atoms with E-state index >= 15 is 0 Å². The van der Waals surface area contributed by atoms with Crippen LogP contribution >= 0.6 is 0 Å². The van der Waals surface area contributed by atoms with Gasteiger partial charge in [-0.25, -0.2) is 0 Å². The van der Waals surface area contributed by atoms with Crippen LogP contribution < -0.4 is 5.32 Å². The van der Waals surface area contributed by atoms with Gasteiger partial charge in [0.05, 0.1) is 0 Å². The van der Waals surface area contributed by atoms with Crippen molar-refractivity contribution in [3.63, 3.8) is 0 Å². The third kappa shape index (κ3) is 6.56. The normalized spacial score (nSPS) is 12.2. The lowest BCUT2D eigenvalue weighted by Crippen LogP contribution is -2.25. The van der Waals surface area contributed by atoms with E-state index in [2.05, 4.69) is 65.1 Å². The van der Waals surface area contributed by atoms with Crippen LogP contribution in [0, 0.1) is 25.2 Å². The summed E-state index contributed by atoms with van der Waals surface area (Å²) in [6.07, 6.45) is 3.72. The number of nitrogens with one attached hydrogen (secondary N) is 1. The van der Waals surface area contributed by atoms with E-state index < -0.39 is 0 Å². The first-order chi connectivity index (χ1) is 9.30. The van der Waals surface area contributed by atoms with E-state index in [0.29, 0.717) is 5.41 Å². The summed E-state index contributed by atoms with van der Waals surface area (Å²) in [7, 11) is 0. The van der Waals surface area contributed by atoms with Crippen LogP contribution in [0.2, 0.25) is 0 Å². The molecule has 1 rings (SSSR count). The minimum atomic E-state index is 0.418. The average molecular weight is 275 g/mol. The van der Waals surface area contributed by atoms with Crippen molar-refractivity contribution < 1.29 is 0 Å². The van der Waals surface area contributed by atoms with E-state index in [9.17, 15) is 0 Å². The van der Waals surface area contributed by atoms with Gasteiger partial charge in [-0.05, 0) is 68.7 Å². The van der Waals surface area contributed by atoms with Gasteiger partial charge >= 0.3 is 0 Å². The number of hydrogen-bond donors (Lipinski definition) is 1. The van der Waals surface area contributed by atoms with Crippen molar-refractivity contribution in [1.29, 1.82) is 0 Å². The summed E-state index contributed by atoms with van der Waals surface area (Å²) in [4.78, 5) is 0. The van der Waals surface area contributed by atoms with Crippen LogP contribution in [0.15, 0.2) is 18.2 Å². The summed E-state index contributed by atoms with van der Waals surface area (Å²) in [6, 6.07) is 6.84. The largest absolute Gasteiger partial charge is 0.316 e. The smallest absolute Gasteiger partial charge is 0.00258 e. The molecule has 0 radical (unpaired) electrons. The second kappa shape index (κ2) is 7.83. The maximum atomic E-state index is 3.56. The molecular formula is C19H33N. The zero-order chi connectivity index (χ0) is 15.2. The molecule has 0 amide bonds. The Labute approximate surface area is 126 Å². The number of rotatable bonds is 8. The third-order valence-electron chi connectivity index (χ3n) is 4.10. The van der Waals surface area contributed by atoms with Gasteiger partial charge in [0.1, 0.15) is 0 Å². The highest BCUT2D eigenvalue weighted by atomic mass is 14.8. The van der Waals surface area contributed by atoms with E-state index in [1.54, 1.807) is 0 Å². The summed E-state index contributed by atoms with van der Waals surface area (Å²) in [6.45, 7) is 16.0. The molecule has 1 heteroatoms. The lowest BCUT2D eigenvalue weighted by molar-refractivity contribution is 0.300. The molecule has 0 aliphatic carbocycles. The molecule has 114 valence electrons. The quantitative estimate of drug-likeness (QED) is 0.666. The molecule has 0 bridgehead atoms. The third-order valence-corrected chi connectivity index (χ3v) is 4.10.